The van der Waals surface area contributed by atoms with Crippen LogP contribution < -0.4 is 0 Å². The highest BCUT2D eigenvalue weighted by molar-refractivity contribution is 5.47. The normalized spacial score (nSPS) is 8.64. The third-order valence-electron chi connectivity index (χ3n) is 2.54. The molecule has 0 aromatic heterocycles. The van der Waals surface area contributed by atoms with Gasteiger partial charge in [0.2, 0.25) is 0 Å². The molecule has 22 heavy (non-hydrogen) atoms. The SMILES string of the molecule is C/C=C/c1ccccc1.CC.CC.CCCc1ccccc1. The molecule has 0 bridgehead atoms. The second-order valence-electron chi connectivity index (χ2n) is 4.15. The second kappa shape index (κ2) is 19.2. The average molecular weight is 299 g/mol. The Morgan fingerprint density at radius 1 is 0.727 bits per heavy atom. The van der Waals surface area contributed by atoms with E-state index in [0.717, 1.165) is 0 Å². The van der Waals surface area contributed by atoms with Gasteiger partial charge in [0.1, 0.15) is 0 Å². The van der Waals surface area contributed by atoms with Gasteiger partial charge in [-0.15, -0.1) is 0 Å². The first-order chi connectivity index (χ1) is 10.9. The Kier molecular flexibility index (Phi) is 19.6. The van der Waals surface area contributed by atoms with E-state index in [0.29, 0.717) is 0 Å². The lowest BCUT2D eigenvalue weighted by Gasteiger charge is -1.93. The van der Waals surface area contributed by atoms with Gasteiger partial charge in [0, 0.05) is 0 Å². The van der Waals surface area contributed by atoms with Crippen LogP contribution >= 0.6 is 0 Å². The highest BCUT2D eigenvalue weighted by atomic mass is 13.9. The Balaban J connectivity index is 0. The first kappa shape index (κ1) is 22.5. The van der Waals surface area contributed by atoms with Gasteiger partial charge in [0.15, 0.2) is 0 Å². The fourth-order valence-electron chi connectivity index (χ4n) is 1.69. The number of hydrogen-bond acceptors (Lipinski definition) is 0. The first-order valence-corrected chi connectivity index (χ1v) is 8.58. The summed E-state index contributed by atoms with van der Waals surface area (Å²) in [7, 11) is 0. The second-order valence-corrected chi connectivity index (χ2v) is 4.15. The highest BCUT2D eigenvalue weighted by Gasteiger charge is 1.84. The van der Waals surface area contributed by atoms with Gasteiger partial charge in [-0.1, -0.05) is 114 Å². The molecular formula is C22H34. The fraction of sp³-hybridized carbons (Fsp3) is 0.364. The van der Waals surface area contributed by atoms with Gasteiger partial charge >= 0.3 is 0 Å². The maximum atomic E-state index is 2.20. The lowest BCUT2D eigenvalue weighted by atomic mass is 10.1. The molecule has 0 N–H and O–H groups in total. The maximum absolute atomic E-state index is 2.20. The molecule has 0 saturated carbocycles. The van der Waals surface area contributed by atoms with E-state index in [-0.39, 0.29) is 0 Å². The molecule has 0 heteroatoms. The van der Waals surface area contributed by atoms with Crippen molar-refractivity contribution in [2.45, 2.75) is 54.4 Å². The topological polar surface area (TPSA) is 0 Å². The van der Waals surface area contributed by atoms with Crippen LogP contribution in [0.5, 0.6) is 0 Å². The van der Waals surface area contributed by atoms with Crippen LogP contribution in [-0.2, 0) is 6.42 Å². The molecular weight excluding hydrogens is 264 g/mol. The first-order valence-electron chi connectivity index (χ1n) is 8.58. The van der Waals surface area contributed by atoms with Gasteiger partial charge in [0.05, 0.1) is 0 Å². The summed E-state index contributed by atoms with van der Waals surface area (Å²) < 4.78 is 0. The van der Waals surface area contributed by atoms with Crippen LogP contribution in [0.15, 0.2) is 66.7 Å². The van der Waals surface area contributed by atoms with Crippen LogP contribution in [0.4, 0.5) is 0 Å². The molecule has 0 aliphatic carbocycles. The van der Waals surface area contributed by atoms with Crippen LogP contribution in [0.25, 0.3) is 6.08 Å². The monoisotopic (exact) mass is 298 g/mol. The Labute approximate surface area is 138 Å². The standard InChI is InChI=1S/C9H12.C9H10.2C2H6/c2*1-2-6-9-7-4-3-5-8-9;2*1-2/h3-5,7-8H,2,6H2,1H3;2-8H,1H3;2*1-2H3/b;6-2+;;. The van der Waals surface area contributed by atoms with Crippen molar-refractivity contribution in [1.82, 2.24) is 0 Å². The molecule has 2 rings (SSSR count). The van der Waals surface area contributed by atoms with E-state index >= 15 is 0 Å². The molecule has 2 aromatic carbocycles. The van der Waals surface area contributed by atoms with Gasteiger partial charge < -0.3 is 0 Å². The zero-order chi connectivity index (χ0) is 17.1. The summed E-state index contributed by atoms with van der Waals surface area (Å²) in [6, 6.07) is 20.8. The summed E-state index contributed by atoms with van der Waals surface area (Å²) in [6.07, 6.45) is 6.57. The summed E-state index contributed by atoms with van der Waals surface area (Å²) in [5.74, 6) is 0. The molecule has 0 nitrogen and oxygen atoms in total. The quantitative estimate of drug-likeness (QED) is 0.553. The van der Waals surface area contributed by atoms with Gasteiger partial charge in [0.25, 0.3) is 0 Å². The van der Waals surface area contributed by atoms with Crippen molar-refractivity contribution in [3.63, 3.8) is 0 Å². The molecule has 0 aliphatic rings. The van der Waals surface area contributed by atoms with Gasteiger partial charge in [-0.05, 0) is 24.5 Å². The summed E-state index contributed by atoms with van der Waals surface area (Å²) in [4.78, 5) is 0. The molecule has 0 fully saturated rings. The van der Waals surface area contributed by atoms with Gasteiger partial charge in [-0.2, -0.15) is 0 Å². The summed E-state index contributed by atoms with van der Waals surface area (Å²) in [5.41, 5.74) is 2.71. The van der Waals surface area contributed by atoms with Gasteiger partial charge in [-0.3, -0.25) is 0 Å². The Morgan fingerprint density at radius 2 is 1.18 bits per heavy atom. The predicted molar refractivity (Wildman–Crippen MR) is 104 cm³/mol. The van der Waals surface area contributed by atoms with Crippen LogP contribution in [0.3, 0.4) is 0 Å². The van der Waals surface area contributed by atoms with Crippen molar-refractivity contribution in [3.05, 3.63) is 77.9 Å². The minimum absolute atomic E-state index is 1.21. The van der Waals surface area contributed by atoms with Crippen molar-refractivity contribution in [3.8, 4) is 0 Å². The highest BCUT2D eigenvalue weighted by Crippen LogP contribution is 2.00. The fourth-order valence-corrected chi connectivity index (χ4v) is 1.69. The van der Waals surface area contributed by atoms with E-state index in [1.807, 2.05) is 58.9 Å². The molecule has 0 aliphatic heterocycles. The number of aryl methyl sites for hydroxylation is 1. The van der Waals surface area contributed by atoms with Crippen LogP contribution in [0, 0.1) is 0 Å². The zero-order valence-corrected chi connectivity index (χ0v) is 15.3. The van der Waals surface area contributed by atoms with E-state index in [2.05, 4.69) is 55.5 Å². The molecule has 122 valence electrons. The van der Waals surface area contributed by atoms with Crippen LogP contribution in [0.2, 0.25) is 0 Å². The molecule has 0 spiro atoms. The van der Waals surface area contributed by atoms with E-state index in [9.17, 15) is 0 Å². The average Bonchev–Trinajstić information content (AvgIpc) is 2.62. The minimum atomic E-state index is 1.21. The van der Waals surface area contributed by atoms with Crippen LogP contribution in [0.1, 0.15) is 59.1 Å². The number of rotatable bonds is 3. The van der Waals surface area contributed by atoms with E-state index in [4.69, 9.17) is 0 Å². The van der Waals surface area contributed by atoms with E-state index in [1.54, 1.807) is 0 Å². The maximum Gasteiger partial charge on any atom is -0.0260 e. The summed E-state index contributed by atoms with van der Waals surface area (Å²) in [6.45, 7) is 12.2. The molecule has 0 unspecified atom stereocenters. The van der Waals surface area contributed by atoms with Crippen molar-refractivity contribution in [2.75, 3.05) is 0 Å². The Bertz CT molecular complexity index is 426. The number of hydrogen-bond donors (Lipinski definition) is 0. The molecule has 0 heterocycles. The Morgan fingerprint density at radius 3 is 1.59 bits per heavy atom. The third kappa shape index (κ3) is 13.2. The summed E-state index contributed by atoms with van der Waals surface area (Å²) in [5, 5.41) is 0. The summed E-state index contributed by atoms with van der Waals surface area (Å²) >= 11 is 0. The molecule has 0 saturated heterocycles. The van der Waals surface area contributed by atoms with E-state index < -0.39 is 0 Å². The molecule has 0 amide bonds. The Hall–Kier alpha value is -1.82. The lowest BCUT2D eigenvalue weighted by molar-refractivity contribution is 0.922. The predicted octanol–water partition coefficient (Wildman–Crippen LogP) is 7.41. The third-order valence-corrected chi connectivity index (χ3v) is 2.54. The molecule has 0 atom stereocenters. The van der Waals surface area contributed by atoms with Crippen molar-refractivity contribution >= 4 is 6.08 Å². The molecule has 2 aromatic rings. The number of benzene rings is 2. The smallest absolute Gasteiger partial charge is 0.0260 e. The lowest BCUT2D eigenvalue weighted by Crippen LogP contribution is -1.78. The van der Waals surface area contributed by atoms with Crippen molar-refractivity contribution in [1.29, 1.82) is 0 Å². The molecule has 0 radical (unpaired) electrons. The van der Waals surface area contributed by atoms with E-state index in [1.165, 1.54) is 24.0 Å². The number of allylic oxidation sites excluding steroid dienone is 1. The van der Waals surface area contributed by atoms with Gasteiger partial charge in [-0.25, -0.2) is 0 Å². The van der Waals surface area contributed by atoms with Crippen LogP contribution in [-0.4, -0.2) is 0 Å². The van der Waals surface area contributed by atoms with Crippen molar-refractivity contribution < 1.29 is 0 Å². The largest absolute Gasteiger partial charge is 0.0871 e. The van der Waals surface area contributed by atoms with Crippen molar-refractivity contribution in [2.24, 2.45) is 0 Å². The zero-order valence-electron chi connectivity index (χ0n) is 15.3. The minimum Gasteiger partial charge on any atom is -0.0871 e.